The van der Waals surface area contributed by atoms with Crippen LogP contribution in [0.3, 0.4) is 0 Å². The lowest BCUT2D eigenvalue weighted by atomic mass is 9.89. The molecule has 0 spiro atoms. The van der Waals surface area contributed by atoms with Gasteiger partial charge in [0.05, 0.1) is 18.2 Å². The van der Waals surface area contributed by atoms with Crippen LogP contribution < -0.4 is 11.3 Å². The number of aromatic nitrogens is 1. The molecule has 0 amide bonds. The maximum Gasteiger partial charge on any atom is 0.322 e. The fourth-order valence-corrected chi connectivity index (χ4v) is 4.67. The van der Waals surface area contributed by atoms with Crippen molar-refractivity contribution in [3.05, 3.63) is 68.8 Å². The van der Waals surface area contributed by atoms with Gasteiger partial charge in [0, 0.05) is 12.4 Å². The molecule has 1 aromatic heterocycles. The number of ether oxygens (including phenoxy) is 1. The molecule has 2 aromatic carbocycles. The molecule has 1 aliphatic rings. The lowest BCUT2D eigenvalue weighted by Gasteiger charge is -2.18. The Kier molecular flexibility index (Phi) is 5.20. The second kappa shape index (κ2) is 7.69. The third-order valence-electron chi connectivity index (χ3n) is 6.21. The van der Waals surface area contributed by atoms with E-state index in [9.17, 15) is 14.0 Å². The number of benzene rings is 2. The Morgan fingerprint density at radius 1 is 1.23 bits per heavy atom. The second-order valence-corrected chi connectivity index (χ2v) is 7.94. The molecule has 1 aliphatic carbocycles. The number of hydrogen-bond donors (Lipinski definition) is 1. The van der Waals surface area contributed by atoms with E-state index in [0.717, 1.165) is 52.5 Å². The monoisotopic (exact) mass is 408 g/mol. The van der Waals surface area contributed by atoms with Gasteiger partial charge in [-0.2, -0.15) is 0 Å². The highest BCUT2D eigenvalue weighted by atomic mass is 19.1. The summed E-state index contributed by atoms with van der Waals surface area (Å²) in [6, 6.07) is 7.68. The van der Waals surface area contributed by atoms with Crippen LogP contribution >= 0.6 is 0 Å². The average molecular weight is 408 g/mol. The minimum absolute atomic E-state index is 0.0975. The Bertz CT molecular complexity index is 1230. The van der Waals surface area contributed by atoms with Crippen LogP contribution in [0.15, 0.2) is 35.1 Å². The Hall–Kier alpha value is -2.99. The van der Waals surface area contributed by atoms with Gasteiger partial charge in [-0.15, -0.1) is 0 Å². The molecule has 156 valence electrons. The highest BCUT2D eigenvalue weighted by Gasteiger charge is 2.25. The zero-order chi connectivity index (χ0) is 21.6. The minimum atomic E-state index is -0.719. The molecule has 0 saturated heterocycles. The zero-order valence-corrected chi connectivity index (χ0v) is 17.4. The molecule has 0 unspecified atom stereocenters. The number of methoxy groups -OCH3 is 1. The lowest BCUT2D eigenvalue weighted by molar-refractivity contribution is -0.142. The van der Waals surface area contributed by atoms with Crippen LogP contribution in [0.2, 0.25) is 0 Å². The maximum atomic E-state index is 13.9. The van der Waals surface area contributed by atoms with E-state index in [0.29, 0.717) is 17.5 Å². The first kappa shape index (κ1) is 20.3. The van der Waals surface area contributed by atoms with Crippen molar-refractivity contribution in [2.24, 2.45) is 12.8 Å². The average Bonchev–Trinajstić information content (AvgIpc) is 3.23. The summed E-state index contributed by atoms with van der Waals surface area (Å²) in [5, 5.41) is 0.732. The molecule has 0 radical (unpaired) electrons. The summed E-state index contributed by atoms with van der Waals surface area (Å²) in [5.41, 5.74) is 12.2. The molecule has 1 atom stereocenters. The van der Waals surface area contributed by atoms with Crippen LogP contribution in [-0.4, -0.2) is 23.7 Å². The van der Waals surface area contributed by atoms with Gasteiger partial charge in [-0.25, -0.2) is 4.39 Å². The summed E-state index contributed by atoms with van der Waals surface area (Å²) in [5.74, 6) is -0.764. The van der Waals surface area contributed by atoms with Crippen LogP contribution in [0.4, 0.5) is 4.39 Å². The van der Waals surface area contributed by atoms with E-state index >= 15 is 0 Å². The Labute approximate surface area is 174 Å². The summed E-state index contributed by atoms with van der Waals surface area (Å²) in [4.78, 5) is 25.0. The number of carbonyl (C=O) groups is 1. The summed E-state index contributed by atoms with van der Waals surface area (Å²) in [6.45, 7) is 1.88. The Morgan fingerprint density at radius 3 is 2.70 bits per heavy atom. The highest BCUT2D eigenvalue weighted by Crippen LogP contribution is 2.36. The fraction of sp³-hybridized carbons (Fsp3) is 0.333. The molecule has 0 saturated carbocycles. The van der Waals surface area contributed by atoms with E-state index in [2.05, 4.69) is 0 Å². The van der Waals surface area contributed by atoms with E-state index in [4.69, 9.17) is 10.5 Å². The van der Waals surface area contributed by atoms with E-state index in [-0.39, 0.29) is 11.4 Å². The number of esters is 1. The van der Waals surface area contributed by atoms with Crippen molar-refractivity contribution in [2.45, 2.75) is 38.6 Å². The quantitative estimate of drug-likeness (QED) is 0.673. The summed E-state index contributed by atoms with van der Waals surface area (Å²) >= 11 is 0. The number of pyridine rings is 1. The van der Waals surface area contributed by atoms with E-state index < -0.39 is 12.0 Å². The van der Waals surface area contributed by atoms with Crippen LogP contribution in [0, 0.1) is 12.7 Å². The molecule has 3 aromatic rings. The molecular formula is C24H25FN2O3. The van der Waals surface area contributed by atoms with Gasteiger partial charge < -0.3 is 15.0 Å². The summed E-state index contributed by atoms with van der Waals surface area (Å²) in [6.07, 6.45) is 3.12. The predicted molar refractivity (Wildman–Crippen MR) is 115 cm³/mol. The van der Waals surface area contributed by atoms with Crippen molar-refractivity contribution in [1.29, 1.82) is 0 Å². The standard InChI is InChI=1S/C24H25FN2O3/c1-13-19-12-15(25)8-10-21(19)27(2)23(28)22(13)18-9-7-14(11-20(26)24(29)30-3)16-5-4-6-17(16)18/h7-10,12,20H,4-6,11,26H2,1-3H3/t20-/m0/s1. The number of rotatable bonds is 4. The number of fused-ring (bicyclic) bond motifs is 2. The molecule has 5 nitrogen and oxygen atoms in total. The number of nitrogens with zero attached hydrogens (tertiary/aromatic N) is 1. The topological polar surface area (TPSA) is 74.3 Å². The summed E-state index contributed by atoms with van der Waals surface area (Å²) in [7, 11) is 3.05. The molecule has 0 aliphatic heterocycles. The largest absolute Gasteiger partial charge is 0.468 e. The van der Waals surface area contributed by atoms with Crippen molar-refractivity contribution < 1.29 is 13.9 Å². The van der Waals surface area contributed by atoms with Crippen LogP contribution in [0.5, 0.6) is 0 Å². The Balaban J connectivity index is 1.90. The van der Waals surface area contributed by atoms with Gasteiger partial charge in [0.25, 0.3) is 5.56 Å². The molecule has 6 heteroatoms. The first-order valence-corrected chi connectivity index (χ1v) is 10.1. The van der Waals surface area contributed by atoms with Crippen molar-refractivity contribution in [2.75, 3.05) is 7.11 Å². The fourth-order valence-electron chi connectivity index (χ4n) is 4.67. The molecule has 30 heavy (non-hydrogen) atoms. The smallest absolute Gasteiger partial charge is 0.322 e. The summed E-state index contributed by atoms with van der Waals surface area (Å²) < 4.78 is 20.3. The predicted octanol–water partition coefficient (Wildman–Crippen LogP) is 3.18. The van der Waals surface area contributed by atoms with Gasteiger partial charge in [0.2, 0.25) is 0 Å². The molecule has 2 N–H and O–H groups in total. The van der Waals surface area contributed by atoms with Gasteiger partial charge in [-0.1, -0.05) is 12.1 Å². The van der Waals surface area contributed by atoms with Crippen LogP contribution in [0.1, 0.15) is 28.7 Å². The third kappa shape index (κ3) is 3.21. The zero-order valence-electron chi connectivity index (χ0n) is 17.4. The minimum Gasteiger partial charge on any atom is -0.468 e. The lowest BCUT2D eigenvalue weighted by Crippen LogP contribution is -2.34. The third-order valence-corrected chi connectivity index (χ3v) is 6.21. The van der Waals surface area contributed by atoms with Crippen molar-refractivity contribution >= 4 is 16.9 Å². The first-order valence-electron chi connectivity index (χ1n) is 10.1. The van der Waals surface area contributed by atoms with Crippen molar-refractivity contribution in [3.8, 4) is 11.1 Å². The van der Waals surface area contributed by atoms with Gasteiger partial charge in [-0.3, -0.25) is 9.59 Å². The molecular weight excluding hydrogens is 383 g/mol. The number of carbonyl (C=O) groups excluding carboxylic acids is 1. The van der Waals surface area contributed by atoms with E-state index in [1.165, 1.54) is 19.2 Å². The SMILES string of the molecule is COC(=O)[C@@H](N)Cc1ccc(-c2c(C)c3cc(F)ccc3n(C)c2=O)c2c1CCC2. The van der Waals surface area contributed by atoms with E-state index in [1.54, 1.807) is 17.7 Å². The number of halogens is 1. The number of nitrogens with two attached hydrogens (primary N) is 1. The van der Waals surface area contributed by atoms with Gasteiger partial charge in [0.1, 0.15) is 11.9 Å². The van der Waals surface area contributed by atoms with Gasteiger partial charge >= 0.3 is 5.97 Å². The van der Waals surface area contributed by atoms with Crippen LogP contribution in [0.25, 0.3) is 22.0 Å². The van der Waals surface area contributed by atoms with Crippen molar-refractivity contribution in [1.82, 2.24) is 4.57 Å². The van der Waals surface area contributed by atoms with Gasteiger partial charge in [0.15, 0.2) is 0 Å². The van der Waals surface area contributed by atoms with Crippen LogP contribution in [-0.2, 0) is 35.8 Å². The molecule has 4 rings (SSSR count). The second-order valence-electron chi connectivity index (χ2n) is 7.94. The normalized spacial score (nSPS) is 14.0. The number of aryl methyl sites for hydroxylation is 2. The molecule has 0 bridgehead atoms. The molecule has 1 heterocycles. The Morgan fingerprint density at radius 2 is 1.97 bits per heavy atom. The number of hydrogen-bond acceptors (Lipinski definition) is 4. The van der Waals surface area contributed by atoms with Gasteiger partial charge in [-0.05, 0) is 78.6 Å². The highest BCUT2D eigenvalue weighted by molar-refractivity contribution is 5.89. The maximum absolute atomic E-state index is 13.9. The first-order chi connectivity index (χ1) is 14.3. The molecule has 0 fully saturated rings. The van der Waals surface area contributed by atoms with E-state index in [1.807, 2.05) is 19.1 Å². The van der Waals surface area contributed by atoms with Crippen molar-refractivity contribution in [3.63, 3.8) is 0 Å².